The summed E-state index contributed by atoms with van der Waals surface area (Å²) in [7, 11) is 1.62. The zero-order valence-corrected chi connectivity index (χ0v) is 10.7. The quantitative estimate of drug-likeness (QED) is 0.826. The van der Waals surface area contributed by atoms with E-state index in [2.05, 4.69) is 15.9 Å². The third-order valence-corrected chi connectivity index (χ3v) is 3.54. The standard InChI is InChI=1S/C10H13BrO2S/c1-7(13-2)5-8(12)6-9-3-4-10(11)14-9/h3-4,7H,5-6H2,1-2H3. The van der Waals surface area contributed by atoms with Gasteiger partial charge in [0.2, 0.25) is 0 Å². The van der Waals surface area contributed by atoms with E-state index in [9.17, 15) is 4.79 Å². The molecule has 0 radical (unpaired) electrons. The van der Waals surface area contributed by atoms with Crippen LogP contribution in [-0.4, -0.2) is 19.0 Å². The number of methoxy groups -OCH3 is 1. The number of hydrogen-bond acceptors (Lipinski definition) is 3. The van der Waals surface area contributed by atoms with Crippen LogP contribution in [0.25, 0.3) is 0 Å². The fourth-order valence-electron chi connectivity index (χ4n) is 1.12. The molecule has 1 unspecified atom stereocenters. The van der Waals surface area contributed by atoms with Crippen molar-refractivity contribution in [3.63, 3.8) is 0 Å². The van der Waals surface area contributed by atoms with Crippen LogP contribution in [0.4, 0.5) is 0 Å². The highest BCUT2D eigenvalue weighted by Crippen LogP contribution is 2.22. The third kappa shape index (κ3) is 3.90. The Morgan fingerprint density at radius 1 is 1.64 bits per heavy atom. The summed E-state index contributed by atoms with van der Waals surface area (Å²) in [5.41, 5.74) is 0. The van der Waals surface area contributed by atoms with Crippen molar-refractivity contribution in [3.05, 3.63) is 20.8 Å². The van der Waals surface area contributed by atoms with Gasteiger partial charge in [-0.05, 0) is 35.0 Å². The van der Waals surface area contributed by atoms with Gasteiger partial charge in [-0.1, -0.05) is 0 Å². The molecule has 2 nitrogen and oxygen atoms in total. The summed E-state index contributed by atoms with van der Waals surface area (Å²) in [5, 5.41) is 0. The maximum atomic E-state index is 11.5. The highest BCUT2D eigenvalue weighted by Gasteiger charge is 2.10. The van der Waals surface area contributed by atoms with Crippen LogP contribution < -0.4 is 0 Å². The molecule has 0 saturated carbocycles. The van der Waals surface area contributed by atoms with Crippen LogP contribution >= 0.6 is 27.3 Å². The predicted octanol–water partition coefficient (Wildman–Crippen LogP) is 3.05. The first-order valence-corrected chi connectivity index (χ1v) is 6.01. The smallest absolute Gasteiger partial charge is 0.140 e. The number of carbonyl (C=O) groups is 1. The van der Waals surface area contributed by atoms with E-state index >= 15 is 0 Å². The Kier molecular flexibility index (Phi) is 4.78. The lowest BCUT2D eigenvalue weighted by Gasteiger charge is -2.06. The summed E-state index contributed by atoms with van der Waals surface area (Å²) >= 11 is 4.97. The lowest BCUT2D eigenvalue weighted by atomic mass is 10.1. The van der Waals surface area contributed by atoms with E-state index in [1.54, 1.807) is 18.4 Å². The van der Waals surface area contributed by atoms with Gasteiger partial charge in [0.25, 0.3) is 0 Å². The molecular formula is C10H13BrO2S. The van der Waals surface area contributed by atoms with Crippen molar-refractivity contribution in [2.75, 3.05) is 7.11 Å². The number of halogens is 1. The molecule has 0 bridgehead atoms. The van der Waals surface area contributed by atoms with Crippen molar-refractivity contribution in [3.8, 4) is 0 Å². The number of carbonyl (C=O) groups excluding carboxylic acids is 1. The first-order valence-electron chi connectivity index (χ1n) is 4.40. The Bertz CT molecular complexity index is 309. The molecule has 1 atom stereocenters. The molecule has 0 spiro atoms. The van der Waals surface area contributed by atoms with E-state index in [0.717, 1.165) is 8.66 Å². The molecule has 0 aliphatic carbocycles. The number of ketones is 1. The topological polar surface area (TPSA) is 26.3 Å². The van der Waals surface area contributed by atoms with Crippen molar-refractivity contribution in [1.29, 1.82) is 0 Å². The van der Waals surface area contributed by atoms with Gasteiger partial charge in [-0.3, -0.25) is 4.79 Å². The molecular weight excluding hydrogens is 264 g/mol. The second-order valence-corrected chi connectivity index (χ2v) is 5.72. The van der Waals surface area contributed by atoms with Crippen molar-refractivity contribution in [1.82, 2.24) is 0 Å². The molecule has 14 heavy (non-hydrogen) atoms. The van der Waals surface area contributed by atoms with Crippen LogP contribution in [-0.2, 0) is 16.0 Å². The van der Waals surface area contributed by atoms with Gasteiger partial charge in [0.15, 0.2) is 0 Å². The maximum Gasteiger partial charge on any atom is 0.140 e. The Morgan fingerprint density at radius 3 is 2.86 bits per heavy atom. The number of thiophene rings is 1. The summed E-state index contributed by atoms with van der Waals surface area (Å²) in [6.45, 7) is 1.90. The van der Waals surface area contributed by atoms with Crippen LogP contribution in [0.1, 0.15) is 18.2 Å². The number of ether oxygens (including phenoxy) is 1. The summed E-state index contributed by atoms with van der Waals surface area (Å²) < 4.78 is 6.11. The molecule has 0 amide bonds. The Balaban J connectivity index is 2.41. The molecule has 1 aromatic rings. The van der Waals surface area contributed by atoms with E-state index in [0.29, 0.717) is 12.8 Å². The first kappa shape index (κ1) is 11.9. The van der Waals surface area contributed by atoms with Crippen molar-refractivity contribution in [2.24, 2.45) is 0 Å². The minimum absolute atomic E-state index is 0.0194. The van der Waals surface area contributed by atoms with E-state index in [-0.39, 0.29) is 11.9 Å². The minimum Gasteiger partial charge on any atom is -0.381 e. The van der Waals surface area contributed by atoms with Gasteiger partial charge >= 0.3 is 0 Å². The average Bonchev–Trinajstić information content (AvgIpc) is 2.50. The van der Waals surface area contributed by atoms with E-state index in [4.69, 9.17) is 4.74 Å². The Morgan fingerprint density at radius 2 is 2.36 bits per heavy atom. The van der Waals surface area contributed by atoms with E-state index < -0.39 is 0 Å². The van der Waals surface area contributed by atoms with Gasteiger partial charge in [0.1, 0.15) is 5.78 Å². The Hall–Kier alpha value is -0.190. The predicted molar refractivity (Wildman–Crippen MR) is 61.8 cm³/mol. The third-order valence-electron chi connectivity index (χ3n) is 1.92. The summed E-state index contributed by atoms with van der Waals surface area (Å²) in [5.74, 6) is 0.230. The zero-order valence-electron chi connectivity index (χ0n) is 8.25. The molecule has 0 fully saturated rings. The second kappa shape index (κ2) is 5.63. The SMILES string of the molecule is COC(C)CC(=O)Cc1ccc(Br)s1. The van der Waals surface area contributed by atoms with Gasteiger partial charge in [0.05, 0.1) is 9.89 Å². The average molecular weight is 277 g/mol. The molecule has 1 aromatic heterocycles. The molecule has 1 rings (SSSR count). The van der Waals surface area contributed by atoms with Crippen molar-refractivity contribution >= 4 is 33.0 Å². The molecule has 1 heterocycles. The highest BCUT2D eigenvalue weighted by atomic mass is 79.9. The van der Waals surface area contributed by atoms with Crippen LogP contribution in [0.3, 0.4) is 0 Å². The summed E-state index contributed by atoms with van der Waals surface area (Å²) in [6.07, 6.45) is 1.03. The molecule has 0 N–H and O–H groups in total. The molecule has 0 aliphatic rings. The van der Waals surface area contributed by atoms with Gasteiger partial charge in [0, 0.05) is 24.8 Å². The number of hydrogen-bond donors (Lipinski definition) is 0. The fraction of sp³-hybridized carbons (Fsp3) is 0.500. The molecule has 0 aromatic carbocycles. The number of rotatable bonds is 5. The Labute approximate surface area is 96.4 Å². The van der Waals surface area contributed by atoms with Gasteiger partial charge in [-0.25, -0.2) is 0 Å². The van der Waals surface area contributed by atoms with Gasteiger partial charge in [-0.2, -0.15) is 0 Å². The zero-order chi connectivity index (χ0) is 10.6. The molecule has 0 saturated heterocycles. The lowest BCUT2D eigenvalue weighted by molar-refractivity contribution is -0.120. The fourth-order valence-corrected chi connectivity index (χ4v) is 2.63. The van der Waals surface area contributed by atoms with Crippen LogP contribution in [0.15, 0.2) is 15.9 Å². The molecule has 78 valence electrons. The van der Waals surface area contributed by atoms with Crippen molar-refractivity contribution < 1.29 is 9.53 Å². The first-order chi connectivity index (χ1) is 6.61. The summed E-state index contributed by atoms with van der Waals surface area (Å²) in [4.78, 5) is 12.6. The molecule has 4 heteroatoms. The summed E-state index contributed by atoms with van der Waals surface area (Å²) in [6, 6.07) is 3.94. The number of Topliss-reactive ketones (excluding diaryl/α,β-unsaturated/α-hetero) is 1. The van der Waals surface area contributed by atoms with Crippen LogP contribution in [0.5, 0.6) is 0 Å². The van der Waals surface area contributed by atoms with E-state index in [1.807, 2.05) is 19.1 Å². The largest absolute Gasteiger partial charge is 0.381 e. The van der Waals surface area contributed by atoms with Gasteiger partial charge < -0.3 is 4.74 Å². The van der Waals surface area contributed by atoms with Gasteiger partial charge in [-0.15, -0.1) is 11.3 Å². The van der Waals surface area contributed by atoms with Crippen molar-refractivity contribution in [2.45, 2.75) is 25.9 Å². The highest BCUT2D eigenvalue weighted by molar-refractivity contribution is 9.11. The normalized spacial score (nSPS) is 12.8. The molecule has 0 aliphatic heterocycles. The van der Waals surface area contributed by atoms with E-state index in [1.165, 1.54) is 0 Å². The van der Waals surface area contributed by atoms with Crippen LogP contribution in [0.2, 0.25) is 0 Å². The second-order valence-electron chi connectivity index (χ2n) is 3.17. The minimum atomic E-state index is 0.0194. The van der Waals surface area contributed by atoms with Crippen LogP contribution in [0, 0.1) is 0 Å². The lowest BCUT2D eigenvalue weighted by Crippen LogP contribution is -2.13. The monoisotopic (exact) mass is 276 g/mol. The maximum absolute atomic E-state index is 11.5.